The van der Waals surface area contributed by atoms with Gasteiger partial charge >= 0.3 is 5.97 Å². The van der Waals surface area contributed by atoms with E-state index in [-0.39, 0.29) is 17.3 Å². The number of unbranched alkanes of at least 4 members (excludes halogenated alkanes) is 2. The highest BCUT2D eigenvalue weighted by Crippen LogP contribution is 2.35. The van der Waals surface area contributed by atoms with E-state index in [0.29, 0.717) is 11.3 Å². The van der Waals surface area contributed by atoms with E-state index in [1.165, 1.54) is 29.3 Å². The van der Waals surface area contributed by atoms with Crippen LogP contribution in [-0.4, -0.2) is 45.6 Å². The van der Waals surface area contributed by atoms with Gasteiger partial charge in [0.2, 0.25) is 5.91 Å². The second-order valence-corrected chi connectivity index (χ2v) is 5.65. The van der Waals surface area contributed by atoms with Crippen molar-refractivity contribution in [3.05, 3.63) is 11.8 Å². The molecule has 1 fully saturated rings. The first-order valence-corrected chi connectivity index (χ1v) is 7.31. The number of β-lactam (4-membered cyclic amide) rings is 1. The number of thioether (sulfide) groups is 1. The molecule has 1 unspecified atom stereocenters. The van der Waals surface area contributed by atoms with E-state index in [1.807, 2.05) is 0 Å². The summed E-state index contributed by atoms with van der Waals surface area (Å²) in [4.78, 5) is 24.2. The molecule has 0 aromatic carbocycles. The standard InChI is InChI=1S/C12H18N2O3S/c1-2-3-4-5-13-9-10(15)14-6-8(12(16)17)7-18-11(9)14/h6,9,11,13H,2-5,7H2,1H3,(H,16,17)/t9?,11-/m1/s1. The number of hydrogen-bond acceptors (Lipinski definition) is 4. The van der Waals surface area contributed by atoms with Crippen molar-refractivity contribution in [2.24, 2.45) is 0 Å². The number of nitrogens with one attached hydrogen (secondary N) is 1. The maximum atomic E-state index is 11.8. The summed E-state index contributed by atoms with van der Waals surface area (Å²) < 4.78 is 0. The van der Waals surface area contributed by atoms with Gasteiger partial charge in [0.15, 0.2) is 0 Å². The van der Waals surface area contributed by atoms with Crippen LogP contribution in [0.4, 0.5) is 0 Å². The van der Waals surface area contributed by atoms with Crippen molar-refractivity contribution >= 4 is 23.6 Å². The molecule has 0 aromatic heterocycles. The number of fused-ring (bicyclic) bond motifs is 1. The molecular weight excluding hydrogens is 252 g/mol. The van der Waals surface area contributed by atoms with Gasteiger partial charge in [-0.25, -0.2) is 4.79 Å². The Balaban J connectivity index is 1.86. The smallest absolute Gasteiger partial charge is 0.333 e. The first-order chi connectivity index (χ1) is 8.65. The van der Waals surface area contributed by atoms with Crippen LogP contribution in [0.5, 0.6) is 0 Å². The van der Waals surface area contributed by atoms with Crippen molar-refractivity contribution < 1.29 is 14.7 Å². The number of hydrogen-bond donors (Lipinski definition) is 2. The zero-order chi connectivity index (χ0) is 13.1. The highest BCUT2D eigenvalue weighted by Gasteiger charge is 2.48. The number of nitrogens with zero attached hydrogens (tertiary/aromatic N) is 1. The number of carbonyl (C=O) groups excluding carboxylic acids is 1. The van der Waals surface area contributed by atoms with Crippen LogP contribution in [0.15, 0.2) is 11.8 Å². The maximum Gasteiger partial charge on any atom is 0.333 e. The molecule has 5 nitrogen and oxygen atoms in total. The summed E-state index contributed by atoms with van der Waals surface area (Å²) in [5.41, 5.74) is 0.300. The number of carboxylic acid groups (broad SMARTS) is 1. The number of aliphatic carboxylic acids is 1. The lowest BCUT2D eigenvalue weighted by Gasteiger charge is -2.47. The fourth-order valence-electron chi connectivity index (χ4n) is 2.12. The molecule has 0 radical (unpaired) electrons. The lowest BCUT2D eigenvalue weighted by molar-refractivity contribution is -0.142. The molecule has 2 heterocycles. The van der Waals surface area contributed by atoms with Crippen LogP contribution in [0.3, 0.4) is 0 Å². The molecule has 100 valence electrons. The first-order valence-electron chi connectivity index (χ1n) is 6.26. The summed E-state index contributed by atoms with van der Waals surface area (Å²) in [7, 11) is 0. The van der Waals surface area contributed by atoms with E-state index in [0.717, 1.165) is 19.4 Å². The van der Waals surface area contributed by atoms with Crippen LogP contribution in [0.1, 0.15) is 26.2 Å². The summed E-state index contributed by atoms with van der Waals surface area (Å²) in [6, 6.07) is -0.140. The highest BCUT2D eigenvalue weighted by molar-refractivity contribution is 8.00. The van der Waals surface area contributed by atoms with Gasteiger partial charge in [-0.3, -0.25) is 4.79 Å². The van der Waals surface area contributed by atoms with Gasteiger partial charge in [0.25, 0.3) is 0 Å². The molecule has 1 saturated heterocycles. The Labute approximate surface area is 111 Å². The Bertz CT molecular complexity index is 384. The topological polar surface area (TPSA) is 69.6 Å². The number of carbonyl (C=O) groups is 2. The Hall–Kier alpha value is -1.01. The average molecular weight is 270 g/mol. The Morgan fingerprint density at radius 2 is 2.39 bits per heavy atom. The van der Waals surface area contributed by atoms with Crippen molar-refractivity contribution in [1.29, 1.82) is 0 Å². The summed E-state index contributed by atoms with van der Waals surface area (Å²) in [5.74, 6) is -0.479. The van der Waals surface area contributed by atoms with Crippen molar-refractivity contribution in [2.45, 2.75) is 37.6 Å². The Morgan fingerprint density at radius 3 is 3.06 bits per heavy atom. The van der Waals surface area contributed by atoms with Crippen molar-refractivity contribution in [1.82, 2.24) is 10.2 Å². The summed E-state index contributed by atoms with van der Waals surface area (Å²) in [5, 5.41) is 12.2. The van der Waals surface area contributed by atoms with E-state index in [2.05, 4.69) is 12.2 Å². The summed E-state index contributed by atoms with van der Waals surface area (Å²) in [6.07, 6.45) is 4.89. The minimum Gasteiger partial charge on any atom is -0.478 e. The fourth-order valence-corrected chi connectivity index (χ4v) is 3.40. The molecule has 0 saturated carbocycles. The second kappa shape index (κ2) is 5.75. The van der Waals surface area contributed by atoms with Gasteiger partial charge in [-0.2, -0.15) is 0 Å². The molecule has 2 aliphatic rings. The molecule has 0 aliphatic carbocycles. The minimum atomic E-state index is -0.937. The number of carboxylic acids is 1. The van der Waals surface area contributed by atoms with Crippen LogP contribution < -0.4 is 5.32 Å². The lowest BCUT2D eigenvalue weighted by atomic mass is 10.1. The van der Waals surface area contributed by atoms with E-state index < -0.39 is 5.97 Å². The Kier molecular flexibility index (Phi) is 4.29. The molecule has 0 aromatic rings. The third kappa shape index (κ3) is 2.54. The van der Waals surface area contributed by atoms with Gasteiger partial charge in [0.05, 0.1) is 5.57 Å². The van der Waals surface area contributed by atoms with E-state index in [4.69, 9.17) is 5.11 Å². The average Bonchev–Trinajstić information content (AvgIpc) is 2.37. The lowest BCUT2D eigenvalue weighted by Crippen LogP contribution is -2.67. The molecule has 6 heteroatoms. The largest absolute Gasteiger partial charge is 0.478 e. The second-order valence-electron chi connectivity index (χ2n) is 4.55. The SMILES string of the molecule is CCCCCNC1C(=O)N2C=C(C(=O)O)CS[C@H]12. The normalized spacial score (nSPS) is 26.4. The quantitative estimate of drug-likeness (QED) is 0.557. The molecule has 1 amide bonds. The first kappa shape index (κ1) is 13.4. The Morgan fingerprint density at radius 1 is 1.61 bits per heavy atom. The summed E-state index contributed by atoms with van der Waals surface area (Å²) in [6.45, 7) is 3.00. The molecular formula is C12H18N2O3S. The molecule has 2 aliphatic heterocycles. The minimum absolute atomic E-state index is 0.0116. The van der Waals surface area contributed by atoms with Gasteiger partial charge in [0.1, 0.15) is 11.4 Å². The van der Waals surface area contributed by atoms with Crippen LogP contribution in [0, 0.1) is 0 Å². The predicted molar refractivity (Wildman–Crippen MR) is 70.1 cm³/mol. The molecule has 2 atom stereocenters. The zero-order valence-electron chi connectivity index (χ0n) is 10.4. The van der Waals surface area contributed by atoms with Crippen molar-refractivity contribution in [2.75, 3.05) is 12.3 Å². The van der Waals surface area contributed by atoms with Crippen LogP contribution in [0.2, 0.25) is 0 Å². The predicted octanol–water partition coefficient (Wildman–Crippen LogP) is 1.02. The zero-order valence-corrected chi connectivity index (χ0v) is 11.2. The van der Waals surface area contributed by atoms with Gasteiger partial charge in [0, 0.05) is 12.0 Å². The summed E-state index contributed by atoms with van der Waals surface area (Å²) >= 11 is 1.52. The third-order valence-corrected chi connectivity index (χ3v) is 4.52. The van der Waals surface area contributed by atoms with Gasteiger partial charge < -0.3 is 15.3 Å². The van der Waals surface area contributed by atoms with Crippen LogP contribution in [-0.2, 0) is 9.59 Å². The number of amides is 1. The van der Waals surface area contributed by atoms with Crippen molar-refractivity contribution in [3.8, 4) is 0 Å². The van der Waals surface area contributed by atoms with E-state index in [9.17, 15) is 9.59 Å². The fraction of sp³-hybridized carbons (Fsp3) is 0.667. The highest BCUT2D eigenvalue weighted by atomic mass is 32.2. The molecule has 0 spiro atoms. The molecule has 2 rings (SSSR count). The number of rotatable bonds is 6. The van der Waals surface area contributed by atoms with E-state index in [1.54, 1.807) is 0 Å². The van der Waals surface area contributed by atoms with Crippen LogP contribution >= 0.6 is 11.8 Å². The third-order valence-electron chi connectivity index (χ3n) is 3.20. The van der Waals surface area contributed by atoms with Gasteiger partial charge in [-0.05, 0) is 13.0 Å². The molecule has 0 bridgehead atoms. The molecule has 2 N–H and O–H groups in total. The van der Waals surface area contributed by atoms with Crippen LogP contribution in [0.25, 0.3) is 0 Å². The maximum absolute atomic E-state index is 11.8. The monoisotopic (exact) mass is 270 g/mol. The van der Waals surface area contributed by atoms with Crippen molar-refractivity contribution in [3.63, 3.8) is 0 Å². The van der Waals surface area contributed by atoms with Gasteiger partial charge in [-0.15, -0.1) is 11.8 Å². The van der Waals surface area contributed by atoms with E-state index >= 15 is 0 Å². The molecule has 18 heavy (non-hydrogen) atoms. The van der Waals surface area contributed by atoms with Gasteiger partial charge in [-0.1, -0.05) is 19.8 Å².